The Bertz CT molecular complexity index is 499. The van der Waals surface area contributed by atoms with Crippen LogP contribution in [0.5, 0.6) is 0 Å². The number of carbonyl (C=O) groups is 1. The highest BCUT2D eigenvalue weighted by atomic mass is 32.2. The quantitative estimate of drug-likeness (QED) is 0.843. The summed E-state index contributed by atoms with van der Waals surface area (Å²) in [6.07, 6.45) is 1.47. The van der Waals surface area contributed by atoms with Gasteiger partial charge in [-0.05, 0) is 24.8 Å². The molecule has 0 aliphatic heterocycles. The summed E-state index contributed by atoms with van der Waals surface area (Å²) in [5.74, 6) is -0.815. The largest absolute Gasteiger partial charge is 0.441 e. The molecule has 106 valence electrons. The zero-order valence-electron chi connectivity index (χ0n) is 10.2. The van der Waals surface area contributed by atoms with Crippen LogP contribution in [0.1, 0.15) is 17.3 Å². The maximum atomic E-state index is 11.8. The number of thioether (sulfide) groups is 1. The smallest absolute Gasteiger partial charge is 0.351 e. The Balaban J connectivity index is 2.50. The molecule has 0 spiro atoms. The zero-order valence-corrected chi connectivity index (χ0v) is 11.0. The number of halogens is 3. The van der Waals surface area contributed by atoms with Gasteiger partial charge in [0.05, 0.1) is 0 Å². The van der Waals surface area contributed by atoms with E-state index in [1.807, 2.05) is 0 Å². The molecule has 0 atom stereocenters. The molecule has 0 fully saturated rings. The standard InChI is InChI=1S/C11H13F3N2O2S/c1-2-16-5-3-8(7-9(16)17)10(18)15-4-6-19-11(12,13)14/h3,5,7H,2,4,6H2,1H3,(H,15,18). The van der Waals surface area contributed by atoms with Gasteiger partial charge in [-0.1, -0.05) is 0 Å². The van der Waals surface area contributed by atoms with Crippen molar-refractivity contribution in [1.29, 1.82) is 0 Å². The van der Waals surface area contributed by atoms with Gasteiger partial charge in [-0.15, -0.1) is 0 Å². The molecule has 0 saturated heterocycles. The van der Waals surface area contributed by atoms with E-state index in [1.54, 1.807) is 6.92 Å². The number of nitrogens with one attached hydrogen (secondary N) is 1. The lowest BCUT2D eigenvalue weighted by molar-refractivity contribution is -0.0327. The maximum Gasteiger partial charge on any atom is 0.441 e. The van der Waals surface area contributed by atoms with Crippen LogP contribution in [0, 0.1) is 0 Å². The van der Waals surface area contributed by atoms with E-state index < -0.39 is 11.4 Å². The van der Waals surface area contributed by atoms with E-state index in [4.69, 9.17) is 0 Å². The number of nitrogens with zero attached hydrogens (tertiary/aromatic N) is 1. The van der Waals surface area contributed by atoms with Crippen molar-refractivity contribution in [3.63, 3.8) is 0 Å². The molecule has 1 aromatic heterocycles. The molecule has 1 rings (SSSR count). The first-order valence-electron chi connectivity index (χ1n) is 5.53. The minimum Gasteiger partial charge on any atom is -0.351 e. The van der Waals surface area contributed by atoms with E-state index in [-0.39, 0.29) is 35.2 Å². The van der Waals surface area contributed by atoms with E-state index in [2.05, 4.69) is 5.32 Å². The van der Waals surface area contributed by atoms with Gasteiger partial charge in [-0.2, -0.15) is 13.2 Å². The number of rotatable bonds is 5. The highest BCUT2D eigenvalue weighted by molar-refractivity contribution is 8.00. The van der Waals surface area contributed by atoms with Crippen LogP contribution in [0.3, 0.4) is 0 Å². The Morgan fingerprint density at radius 2 is 2.16 bits per heavy atom. The van der Waals surface area contributed by atoms with Gasteiger partial charge in [-0.25, -0.2) is 0 Å². The highest BCUT2D eigenvalue weighted by Gasteiger charge is 2.27. The molecule has 8 heteroatoms. The Labute approximate surface area is 112 Å². The van der Waals surface area contributed by atoms with Crippen LogP contribution in [0.15, 0.2) is 23.1 Å². The van der Waals surface area contributed by atoms with Crippen molar-refractivity contribution < 1.29 is 18.0 Å². The first kappa shape index (κ1) is 15.6. The summed E-state index contributed by atoms with van der Waals surface area (Å²) in [5, 5.41) is 2.33. The topological polar surface area (TPSA) is 51.1 Å². The lowest BCUT2D eigenvalue weighted by atomic mass is 10.2. The fraction of sp³-hybridized carbons (Fsp3) is 0.455. The fourth-order valence-corrected chi connectivity index (χ4v) is 1.78. The van der Waals surface area contributed by atoms with Crippen LogP contribution < -0.4 is 10.9 Å². The number of amides is 1. The van der Waals surface area contributed by atoms with Crippen molar-refractivity contribution in [3.05, 3.63) is 34.2 Å². The molecule has 1 N–H and O–H groups in total. The minimum absolute atomic E-state index is 0.111. The van der Waals surface area contributed by atoms with E-state index in [0.29, 0.717) is 6.54 Å². The Morgan fingerprint density at radius 1 is 1.47 bits per heavy atom. The average Bonchev–Trinajstić information content (AvgIpc) is 2.33. The van der Waals surface area contributed by atoms with E-state index >= 15 is 0 Å². The Hall–Kier alpha value is -1.44. The first-order chi connectivity index (χ1) is 8.83. The summed E-state index contributed by atoms with van der Waals surface area (Å²) in [5.41, 5.74) is -4.47. The Kier molecular flexibility index (Phi) is 5.46. The van der Waals surface area contributed by atoms with Gasteiger partial charge in [0.1, 0.15) is 0 Å². The molecule has 1 aromatic rings. The van der Waals surface area contributed by atoms with Gasteiger partial charge >= 0.3 is 5.51 Å². The molecular formula is C11H13F3N2O2S. The minimum atomic E-state index is -4.30. The van der Waals surface area contributed by atoms with Gasteiger partial charge in [0.15, 0.2) is 0 Å². The molecule has 0 aliphatic carbocycles. The molecule has 0 aliphatic rings. The number of aryl methyl sites for hydroxylation is 1. The van der Waals surface area contributed by atoms with Crippen molar-refractivity contribution in [2.24, 2.45) is 0 Å². The first-order valence-corrected chi connectivity index (χ1v) is 6.51. The number of hydrogen-bond donors (Lipinski definition) is 1. The van der Waals surface area contributed by atoms with Gasteiger partial charge in [0, 0.05) is 36.7 Å². The number of pyridine rings is 1. The highest BCUT2D eigenvalue weighted by Crippen LogP contribution is 2.29. The second-order valence-corrected chi connectivity index (χ2v) is 4.75. The van der Waals surface area contributed by atoms with Crippen LogP contribution in [0.2, 0.25) is 0 Å². The normalized spacial score (nSPS) is 11.4. The summed E-state index contributed by atoms with van der Waals surface area (Å²) in [7, 11) is 0. The number of carbonyl (C=O) groups excluding carboxylic acids is 1. The van der Waals surface area contributed by atoms with E-state index in [9.17, 15) is 22.8 Å². The average molecular weight is 294 g/mol. The third kappa shape index (κ3) is 5.37. The maximum absolute atomic E-state index is 11.8. The third-order valence-corrected chi connectivity index (χ3v) is 2.99. The molecule has 1 amide bonds. The molecule has 0 bridgehead atoms. The SMILES string of the molecule is CCn1ccc(C(=O)NCCSC(F)(F)F)cc1=O. The molecule has 19 heavy (non-hydrogen) atoms. The van der Waals surface area contributed by atoms with Crippen LogP contribution in [0.4, 0.5) is 13.2 Å². The molecule has 4 nitrogen and oxygen atoms in total. The van der Waals surface area contributed by atoms with Crippen molar-refractivity contribution in [2.75, 3.05) is 12.3 Å². The summed E-state index contributed by atoms with van der Waals surface area (Å²) in [6, 6.07) is 2.62. The second kappa shape index (κ2) is 6.65. The number of hydrogen-bond acceptors (Lipinski definition) is 3. The van der Waals surface area contributed by atoms with Crippen LogP contribution in [-0.2, 0) is 6.54 Å². The molecule has 1 heterocycles. The van der Waals surface area contributed by atoms with Crippen LogP contribution >= 0.6 is 11.8 Å². The van der Waals surface area contributed by atoms with Crippen molar-refractivity contribution in [3.8, 4) is 0 Å². The van der Waals surface area contributed by atoms with Crippen molar-refractivity contribution >= 4 is 17.7 Å². The lowest BCUT2D eigenvalue weighted by Crippen LogP contribution is -2.28. The fourth-order valence-electron chi connectivity index (χ4n) is 1.34. The second-order valence-electron chi connectivity index (χ2n) is 3.59. The van der Waals surface area contributed by atoms with E-state index in [1.165, 1.54) is 16.8 Å². The predicted molar refractivity (Wildman–Crippen MR) is 67.2 cm³/mol. The van der Waals surface area contributed by atoms with Crippen LogP contribution in [0.25, 0.3) is 0 Å². The van der Waals surface area contributed by atoms with Crippen LogP contribution in [-0.4, -0.2) is 28.3 Å². The number of aromatic nitrogens is 1. The summed E-state index contributed by atoms with van der Waals surface area (Å²) >= 11 is -0.201. The van der Waals surface area contributed by atoms with Gasteiger partial charge in [0.2, 0.25) is 0 Å². The lowest BCUT2D eigenvalue weighted by Gasteiger charge is -2.07. The van der Waals surface area contributed by atoms with Gasteiger partial charge < -0.3 is 9.88 Å². The van der Waals surface area contributed by atoms with Gasteiger partial charge in [0.25, 0.3) is 11.5 Å². The molecule has 0 aromatic carbocycles. The zero-order chi connectivity index (χ0) is 14.5. The van der Waals surface area contributed by atoms with Gasteiger partial charge in [-0.3, -0.25) is 9.59 Å². The third-order valence-electron chi connectivity index (χ3n) is 2.25. The summed E-state index contributed by atoms with van der Waals surface area (Å²) in [6.45, 7) is 2.17. The molecule has 0 unspecified atom stereocenters. The monoisotopic (exact) mass is 294 g/mol. The summed E-state index contributed by atoms with van der Waals surface area (Å²) < 4.78 is 36.9. The summed E-state index contributed by atoms with van der Waals surface area (Å²) in [4.78, 5) is 23.0. The molecular weight excluding hydrogens is 281 g/mol. The van der Waals surface area contributed by atoms with Crippen molar-refractivity contribution in [2.45, 2.75) is 19.0 Å². The number of alkyl halides is 3. The predicted octanol–water partition coefficient (Wildman–Crippen LogP) is 1.85. The van der Waals surface area contributed by atoms with Crippen molar-refractivity contribution in [1.82, 2.24) is 9.88 Å². The van der Waals surface area contributed by atoms with E-state index in [0.717, 1.165) is 6.07 Å². The molecule has 0 saturated carbocycles. The Morgan fingerprint density at radius 3 is 2.68 bits per heavy atom. The molecule has 0 radical (unpaired) electrons.